The molecule has 0 unspecified atom stereocenters. The lowest BCUT2D eigenvalue weighted by Crippen LogP contribution is -2.08. The van der Waals surface area contributed by atoms with Crippen LogP contribution in [0.2, 0.25) is 11.1 Å². The molecular weight excluding hydrogens is 176 g/mol. The van der Waals surface area contributed by atoms with Crippen LogP contribution in [-0.4, -0.2) is 15.3 Å². The molecule has 0 fully saturated rings. The van der Waals surface area contributed by atoms with Gasteiger partial charge < -0.3 is 0 Å². The minimum absolute atomic E-state index is 0.000212. The molecule has 0 heterocycles. The molecule has 2 heteroatoms. The summed E-state index contributed by atoms with van der Waals surface area (Å²) in [5, 5.41) is 0.534. The highest BCUT2D eigenvalue weighted by atomic mass is 28.2. The maximum absolute atomic E-state index is 11.2. The fraction of sp³-hybridized carbons (Fsp3) is 0.727. The minimum atomic E-state index is 0.000212. The van der Waals surface area contributed by atoms with E-state index in [2.05, 4.69) is 27.4 Å². The Balaban J connectivity index is 3.47. The number of ketones is 1. The number of carbonyl (C=O) groups is 1. The van der Waals surface area contributed by atoms with E-state index in [4.69, 9.17) is 0 Å². The number of Topliss-reactive ketones (excluding diaryl/α,β-unsaturated/α-hetero) is 1. The van der Waals surface area contributed by atoms with Crippen molar-refractivity contribution in [1.82, 2.24) is 0 Å². The maximum Gasteiger partial charge on any atom is 0.157 e. The first-order valence-electron chi connectivity index (χ1n) is 5.01. The van der Waals surface area contributed by atoms with Crippen LogP contribution in [-0.2, 0) is 4.79 Å². The number of rotatable bonds is 5. The first kappa shape index (κ1) is 12.6. The Hall–Kier alpha value is -0.373. The second-order valence-corrected chi connectivity index (χ2v) is 8.30. The molecule has 0 bridgehead atoms. The van der Waals surface area contributed by atoms with Gasteiger partial charge >= 0.3 is 0 Å². The van der Waals surface area contributed by atoms with E-state index in [-0.39, 0.29) is 15.3 Å². The molecule has 76 valence electrons. The molecule has 13 heavy (non-hydrogen) atoms. The van der Waals surface area contributed by atoms with E-state index in [1.54, 1.807) is 6.92 Å². The van der Waals surface area contributed by atoms with E-state index in [9.17, 15) is 4.79 Å². The molecule has 1 nitrogen and oxygen atoms in total. The lowest BCUT2D eigenvalue weighted by molar-refractivity contribution is -0.115. The first-order chi connectivity index (χ1) is 5.83. The summed E-state index contributed by atoms with van der Waals surface area (Å²) in [6, 6.07) is 1.28. The largest absolute Gasteiger partial charge is 0.295 e. The minimum Gasteiger partial charge on any atom is -0.295 e. The smallest absolute Gasteiger partial charge is 0.157 e. The Bertz CT molecular complexity index is 189. The fourth-order valence-electron chi connectivity index (χ4n) is 1.15. The van der Waals surface area contributed by atoms with E-state index in [0.29, 0.717) is 17.0 Å². The van der Waals surface area contributed by atoms with Gasteiger partial charge in [-0.25, -0.2) is 0 Å². The van der Waals surface area contributed by atoms with Crippen LogP contribution < -0.4 is 0 Å². The average Bonchev–Trinajstić information content (AvgIpc) is 1.95. The van der Waals surface area contributed by atoms with Crippen LogP contribution >= 0.6 is 0 Å². The molecule has 0 saturated carbocycles. The van der Waals surface area contributed by atoms with Crippen molar-refractivity contribution in [3.63, 3.8) is 0 Å². The maximum atomic E-state index is 11.2. The summed E-state index contributed by atoms with van der Waals surface area (Å²) in [4.78, 5) is 11.2. The van der Waals surface area contributed by atoms with Crippen molar-refractivity contribution < 1.29 is 4.79 Å². The molecule has 0 aliphatic heterocycles. The molecule has 0 aromatic rings. The Labute approximate surface area is 84.4 Å². The first-order valence-corrected chi connectivity index (χ1v) is 6.72. The van der Waals surface area contributed by atoms with Gasteiger partial charge in [-0.1, -0.05) is 33.4 Å². The average molecular weight is 198 g/mol. The van der Waals surface area contributed by atoms with Crippen molar-refractivity contribution in [2.45, 2.75) is 51.6 Å². The van der Waals surface area contributed by atoms with Crippen LogP contribution in [0.15, 0.2) is 12.2 Å². The quantitative estimate of drug-likeness (QED) is 0.377. The van der Waals surface area contributed by atoms with Gasteiger partial charge in [0.05, 0.1) is 0 Å². The van der Waals surface area contributed by atoms with Gasteiger partial charge in [0.25, 0.3) is 0 Å². The molecule has 0 aromatic heterocycles. The number of hydrogen-bond acceptors (Lipinski definition) is 1. The molecule has 0 rings (SSSR count). The third-order valence-corrected chi connectivity index (χ3v) is 4.41. The normalized spacial score (nSPS) is 12.3. The van der Waals surface area contributed by atoms with Crippen LogP contribution in [0.1, 0.15) is 40.5 Å². The summed E-state index contributed by atoms with van der Waals surface area (Å²) in [5.41, 5.74) is 0.706. The summed E-state index contributed by atoms with van der Waals surface area (Å²) in [7, 11) is 0.000212. The zero-order chi connectivity index (χ0) is 10.5. The zero-order valence-corrected chi connectivity index (χ0v) is 10.9. The van der Waals surface area contributed by atoms with Crippen molar-refractivity contribution in [1.29, 1.82) is 0 Å². The van der Waals surface area contributed by atoms with Crippen LogP contribution in [0, 0.1) is 0 Å². The van der Waals surface area contributed by atoms with Gasteiger partial charge in [-0.05, 0) is 24.0 Å². The van der Waals surface area contributed by atoms with Crippen molar-refractivity contribution >= 4 is 15.3 Å². The van der Waals surface area contributed by atoms with Gasteiger partial charge in [0.1, 0.15) is 0 Å². The van der Waals surface area contributed by atoms with E-state index in [1.807, 2.05) is 0 Å². The lowest BCUT2D eigenvalue weighted by atomic mass is 10.1. The molecular formula is C11H22OSi. The Morgan fingerprint density at radius 1 is 1.38 bits per heavy atom. The Kier molecular flexibility index (Phi) is 5.22. The summed E-state index contributed by atoms with van der Waals surface area (Å²) in [6.45, 7) is 12.3. The molecule has 0 N–H and O–H groups in total. The van der Waals surface area contributed by atoms with Crippen molar-refractivity contribution in [3.05, 3.63) is 12.2 Å². The standard InChI is InChI=1S/C11H22OSi/c1-9(2)10(12)7-6-8-13-11(3,4)5/h1,6-8,13H2,2-5H3. The number of carbonyl (C=O) groups excluding carboxylic acids is 1. The molecule has 0 spiro atoms. The van der Waals surface area contributed by atoms with Gasteiger partial charge in [0.2, 0.25) is 0 Å². The molecule has 0 atom stereocenters. The molecule has 0 amide bonds. The van der Waals surface area contributed by atoms with Crippen LogP contribution in [0.4, 0.5) is 0 Å². The predicted molar refractivity (Wildman–Crippen MR) is 62.1 cm³/mol. The topological polar surface area (TPSA) is 17.1 Å². The third kappa shape index (κ3) is 7.97. The van der Waals surface area contributed by atoms with E-state index < -0.39 is 0 Å². The second kappa shape index (κ2) is 5.38. The summed E-state index contributed by atoms with van der Waals surface area (Å²) in [6.07, 6.45) is 1.77. The SMILES string of the molecule is C=C(C)C(=O)CCC[SiH2]C(C)(C)C. The van der Waals surface area contributed by atoms with Gasteiger partial charge in [-0.15, -0.1) is 0 Å². The van der Waals surface area contributed by atoms with E-state index in [0.717, 1.165) is 6.42 Å². The number of hydrogen-bond donors (Lipinski definition) is 0. The van der Waals surface area contributed by atoms with Crippen molar-refractivity contribution in [2.75, 3.05) is 0 Å². The molecule has 0 saturated heterocycles. The second-order valence-electron chi connectivity index (χ2n) is 4.97. The predicted octanol–water partition coefficient (Wildman–Crippen LogP) is 2.72. The van der Waals surface area contributed by atoms with Crippen molar-refractivity contribution in [3.8, 4) is 0 Å². The van der Waals surface area contributed by atoms with Crippen molar-refractivity contribution in [2.24, 2.45) is 0 Å². The van der Waals surface area contributed by atoms with Gasteiger partial charge in [0, 0.05) is 15.9 Å². The Morgan fingerprint density at radius 3 is 2.31 bits per heavy atom. The lowest BCUT2D eigenvalue weighted by Gasteiger charge is -2.16. The van der Waals surface area contributed by atoms with Gasteiger partial charge in [-0.2, -0.15) is 0 Å². The van der Waals surface area contributed by atoms with E-state index >= 15 is 0 Å². The molecule has 0 aliphatic carbocycles. The van der Waals surface area contributed by atoms with Crippen LogP contribution in [0.5, 0.6) is 0 Å². The third-order valence-electron chi connectivity index (χ3n) is 2.06. The van der Waals surface area contributed by atoms with Gasteiger partial charge in [-0.3, -0.25) is 4.79 Å². The zero-order valence-electron chi connectivity index (χ0n) is 9.44. The van der Waals surface area contributed by atoms with Gasteiger partial charge in [0.15, 0.2) is 5.78 Å². The fourth-order valence-corrected chi connectivity index (χ4v) is 2.71. The highest BCUT2D eigenvalue weighted by Crippen LogP contribution is 2.22. The molecule has 0 radical (unpaired) electrons. The highest BCUT2D eigenvalue weighted by molar-refractivity contribution is 6.39. The van der Waals surface area contributed by atoms with Crippen LogP contribution in [0.3, 0.4) is 0 Å². The monoisotopic (exact) mass is 198 g/mol. The molecule has 0 aromatic carbocycles. The highest BCUT2D eigenvalue weighted by Gasteiger charge is 2.10. The summed E-state index contributed by atoms with van der Waals surface area (Å²) >= 11 is 0. The molecule has 0 aliphatic rings. The van der Waals surface area contributed by atoms with Crippen LogP contribution in [0.25, 0.3) is 0 Å². The van der Waals surface area contributed by atoms with E-state index in [1.165, 1.54) is 6.04 Å². The summed E-state index contributed by atoms with van der Waals surface area (Å²) in [5.74, 6) is 0.239. The summed E-state index contributed by atoms with van der Waals surface area (Å²) < 4.78 is 0. The Morgan fingerprint density at radius 2 is 1.92 bits per heavy atom. The number of allylic oxidation sites excluding steroid dienone is 1.